The Morgan fingerprint density at radius 3 is 2.65 bits per heavy atom. The molecule has 9 heteroatoms. The summed E-state index contributed by atoms with van der Waals surface area (Å²) in [5, 5.41) is 17.9. The number of urea groups is 1. The first-order chi connectivity index (χ1) is 15.1. The summed E-state index contributed by atoms with van der Waals surface area (Å²) < 4.78 is 5.41. The third-order valence-corrected chi connectivity index (χ3v) is 4.72. The van der Waals surface area contributed by atoms with Crippen molar-refractivity contribution in [2.24, 2.45) is 0 Å². The smallest absolute Gasteiger partial charge is 0.325 e. The Labute approximate surface area is 185 Å². The molecule has 0 aliphatic heterocycles. The lowest BCUT2D eigenvalue weighted by Crippen LogP contribution is -2.21. The number of anilines is 2. The van der Waals surface area contributed by atoms with Gasteiger partial charge >= 0.3 is 6.03 Å². The predicted octanol–water partition coefficient (Wildman–Crippen LogP) is 3.99. The number of carbonyl (C=O) groups excluding carboxylic acids is 1. The molecule has 3 N–H and O–H groups in total. The van der Waals surface area contributed by atoms with Gasteiger partial charge in [-0.25, -0.2) is 14.8 Å². The van der Waals surface area contributed by atoms with E-state index in [1.54, 1.807) is 6.07 Å². The maximum absolute atomic E-state index is 12.3. The van der Waals surface area contributed by atoms with E-state index in [0.717, 1.165) is 18.7 Å². The van der Waals surface area contributed by atoms with Gasteiger partial charge < -0.3 is 15.4 Å². The van der Waals surface area contributed by atoms with Crippen LogP contribution in [0.25, 0.3) is 0 Å². The van der Waals surface area contributed by atoms with Gasteiger partial charge in [0.15, 0.2) is 11.5 Å². The molecule has 0 saturated carbocycles. The Kier molecular flexibility index (Phi) is 7.76. The fourth-order valence-corrected chi connectivity index (χ4v) is 3.08. The van der Waals surface area contributed by atoms with Crippen molar-refractivity contribution in [3.63, 3.8) is 0 Å². The van der Waals surface area contributed by atoms with Crippen LogP contribution in [0.15, 0.2) is 54.9 Å². The molecule has 0 aliphatic carbocycles. The van der Waals surface area contributed by atoms with Crippen LogP contribution in [-0.2, 0) is 13.0 Å². The summed E-state index contributed by atoms with van der Waals surface area (Å²) >= 11 is 6.42. The molecule has 3 rings (SSSR count). The molecule has 1 heterocycles. The zero-order valence-corrected chi connectivity index (χ0v) is 17.6. The Morgan fingerprint density at radius 2 is 1.97 bits per heavy atom. The second-order valence-electron chi connectivity index (χ2n) is 6.53. The number of aromatic nitrogens is 2. The predicted molar refractivity (Wildman–Crippen MR) is 119 cm³/mol. The molecule has 31 heavy (non-hydrogen) atoms. The summed E-state index contributed by atoms with van der Waals surface area (Å²) in [5.41, 5.74) is 2.70. The van der Waals surface area contributed by atoms with Crippen LogP contribution in [0.5, 0.6) is 5.75 Å². The largest absolute Gasteiger partial charge is 0.495 e. The Bertz CT molecular complexity index is 1070. The molecule has 0 fully saturated rings. The minimum atomic E-state index is -0.536. The first kappa shape index (κ1) is 22.0. The van der Waals surface area contributed by atoms with E-state index in [4.69, 9.17) is 21.6 Å². The molecule has 0 bridgehead atoms. The van der Waals surface area contributed by atoms with E-state index in [1.807, 2.05) is 30.3 Å². The number of methoxy groups -OCH3 is 1. The lowest BCUT2D eigenvalue weighted by molar-refractivity contribution is 0.262. The molecule has 0 spiro atoms. The second-order valence-corrected chi connectivity index (χ2v) is 6.94. The van der Waals surface area contributed by atoms with Gasteiger partial charge in [-0.05, 0) is 36.2 Å². The highest BCUT2D eigenvalue weighted by atomic mass is 35.5. The van der Waals surface area contributed by atoms with E-state index >= 15 is 0 Å². The van der Waals surface area contributed by atoms with Crippen LogP contribution in [0.1, 0.15) is 16.8 Å². The maximum Gasteiger partial charge on any atom is 0.325 e. The van der Waals surface area contributed by atoms with Gasteiger partial charge in [-0.15, -0.1) is 0 Å². The van der Waals surface area contributed by atoms with Gasteiger partial charge in [0.1, 0.15) is 11.8 Å². The maximum atomic E-state index is 12.3. The summed E-state index contributed by atoms with van der Waals surface area (Å²) in [5.74, 6) is 0.700. The number of halogens is 1. The molecular formula is C22H21ClN6O2. The topological polar surface area (TPSA) is 112 Å². The van der Waals surface area contributed by atoms with Crippen molar-refractivity contribution in [3.8, 4) is 11.8 Å². The van der Waals surface area contributed by atoms with Crippen molar-refractivity contribution in [1.29, 1.82) is 5.26 Å². The lowest BCUT2D eigenvalue weighted by Gasteiger charge is -2.14. The van der Waals surface area contributed by atoms with Crippen LogP contribution in [-0.4, -0.2) is 29.7 Å². The summed E-state index contributed by atoms with van der Waals surface area (Å²) in [6.45, 7) is 1.51. The molecule has 2 aromatic carbocycles. The van der Waals surface area contributed by atoms with E-state index in [1.165, 1.54) is 25.1 Å². The van der Waals surface area contributed by atoms with Crippen molar-refractivity contribution in [2.45, 2.75) is 13.0 Å². The van der Waals surface area contributed by atoms with Crippen LogP contribution in [0.2, 0.25) is 5.02 Å². The summed E-state index contributed by atoms with van der Waals surface area (Å²) in [6.07, 6.45) is 3.27. The molecule has 0 radical (unpaired) electrons. The number of rotatable bonds is 8. The monoisotopic (exact) mass is 436 g/mol. The van der Waals surface area contributed by atoms with Crippen molar-refractivity contribution >= 4 is 29.1 Å². The first-order valence-electron chi connectivity index (χ1n) is 9.50. The quantitative estimate of drug-likeness (QED) is 0.460. The van der Waals surface area contributed by atoms with Crippen LogP contribution in [0.3, 0.4) is 0 Å². The first-order valence-corrected chi connectivity index (χ1v) is 9.88. The number of ether oxygens (including phenoxy) is 1. The Balaban J connectivity index is 1.58. The van der Waals surface area contributed by atoms with Gasteiger partial charge in [-0.2, -0.15) is 5.26 Å². The van der Waals surface area contributed by atoms with Crippen LogP contribution < -0.4 is 20.7 Å². The minimum Gasteiger partial charge on any atom is -0.495 e. The highest BCUT2D eigenvalue weighted by molar-refractivity contribution is 6.31. The normalized spacial score (nSPS) is 10.2. The molecular weight excluding hydrogens is 416 g/mol. The number of amides is 2. The molecule has 2 amide bonds. The van der Waals surface area contributed by atoms with E-state index in [-0.39, 0.29) is 11.5 Å². The van der Waals surface area contributed by atoms with Gasteiger partial charge in [0.05, 0.1) is 25.2 Å². The summed E-state index contributed by atoms with van der Waals surface area (Å²) in [7, 11) is 1.52. The van der Waals surface area contributed by atoms with Gasteiger partial charge in [-0.3, -0.25) is 5.32 Å². The van der Waals surface area contributed by atoms with E-state index < -0.39 is 6.03 Å². The SMILES string of the molecule is COc1cc(CCNCc2ccccc2)c(Cl)cc1NC(=O)Nc1cnc(C#N)cn1. The van der Waals surface area contributed by atoms with E-state index in [9.17, 15) is 4.79 Å². The van der Waals surface area contributed by atoms with Crippen molar-refractivity contribution < 1.29 is 9.53 Å². The molecule has 0 aliphatic rings. The fraction of sp³-hybridized carbons (Fsp3) is 0.182. The van der Waals surface area contributed by atoms with Crippen LogP contribution in [0, 0.1) is 11.3 Å². The highest BCUT2D eigenvalue weighted by Crippen LogP contribution is 2.31. The van der Waals surface area contributed by atoms with Crippen molar-refractivity contribution in [2.75, 3.05) is 24.3 Å². The molecule has 8 nitrogen and oxygen atoms in total. The van der Waals surface area contributed by atoms with Crippen LogP contribution in [0.4, 0.5) is 16.3 Å². The third-order valence-electron chi connectivity index (χ3n) is 4.37. The molecule has 0 unspecified atom stereocenters. The number of hydrogen-bond acceptors (Lipinski definition) is 6. The lowest BCUT2D eigenvalue weighted by atomic mass is 10.1. The van der Waals surface area contributed by atoms with Gasteiger partial charge in [0.25, 0.3) is 0 Å². The molecule has 1 aromatic heterocycles. The number of nitrogens with one attached hydrogen (secondary N) is 3. The molecule has 158 valence electrons. The fourth-order valence-electron chi connectivity index (χ4n) is 2.83. The summed E-state index contributed by atoms with van der Waals surface area (Å²) in [6, 6.07) is 14.9. The zero-order chi connectivity index (χ0) is 22.1. The Hall–Kier alpha value is -3.67. The Morgan fingerprint density at radius 1 is 1.16 bits per heavy atom. The van der Waals surface area contributed by atoms with E-state index in [2.05, 4.69) is 38.1 Å². The standard InChI is InChI=1S/C22H21ClN6O2/c1-31-20-9-16(7-8-25-12-15-5-3-2-4-6-15)18(23)10-19(20)28-22(30)29-21-14-26-17(11-24)13-27-21/h2-6,9-10,13-14,25H,7-8,12H2,1H3,(H2,27,28,29,30). The van der Waals surface area contributed by atoms with Gasteiger partial charge in [-0.1, -0.05) is 41.9 Å². The third kappa shape index (κ3) is 6.40. The molecule has 3 aromatic rings. The zero-order valence-electron chi connectivity index (χ0n) is 16.9. The van der Waals surface area contributed by atoms with Gasteiger partial charge in [0.2, 0.25) is 0 Å². The number of hydrogen-bond donors (Lipinski definition) is 3. The van der Waals surface area contributed by atoms with E-state index in [0.29, 0.717) is 22.9 Å². The number of benzene rings is 2. The average molecular weight is 437 g/mol. The molecule has 0 atom stereocenters. The number of nitriles is 1. The minimum absolute atomic E-state index is 0.160. The van der Waals surface area contributed by atoms with Gasteiger partial charge in [0, 0.05) is 11.6 Å². The van der Waals surface area contributed by atoms with Crippen molar-refractivity contribution in [1.82, 2.24) is 15.3 Å². The summed E-state index contributed by atoms with van der Waals surface area (Å²) in [4.78, 5) is 20.1. The van der Waals surface area contributed by atoms with Crippen molar-refractivity contribution in [3.05, 3.63) is 76.7 Å². The molecule has 0 saturated heterocycles. The van der Waals surface area contributed by atoms with Crippen LogP contribution >= 0.6 is 11.6 Å². The average Bonchev–Trinajstić information content (AvgIpc) is 2.79. The second kappa shape index (κ2) is 10.9. The number of nitrogens with zero attached hydrogens (tertiary/aromatic N) is 3. The highest BCUT2D eigenvalue weighted by Gasteiger charge is 2.13. The number of carbonyl (C=O) groups is 1.